The van der Waals surface area contributed by atoms with E-state index in [9.17, 15) is 0 Å². The number of rotatable bonds is 7. The van der Waals surface area contributed by atoms with Crippen LogP contribution in [0.2, 0.25) is 0 Å². The van der Waals surface area contributed by atoms with Gasteiger partial charge >= 0.3 is 0 Å². The number of nitrogens with zero attached hydrogens (tertiary/aromatic N) is 1. The third kappa shape index (κ3) is 6.64. The van der Waals surface area contributed by atoms with Crippen molar-refractivity contribution in [3.63, 3.8) is 0 Å². The fourth-order valence-electron chi connectivity index (χ4n) is 8.17. The smallest absolute Gasteiger partial charge is 0.131 e. The Hall–Kier alpha value is -6.79. The molecule has 0 radical (unpaired) electrons. The fraction of sp³-hybridized carbons (Fsp3) is 0.0784. The summed E-state index contributed by atoms with van der Waals surface area (Å²) in [6.07, 6.45) is 1.85. The Labute approximate surface area is 327 Å². The monoisotopic (exact) mass is 723 g/mol. The van der Waals surface area contributed by atoms with Gasteiger partial charge in [-0.05, 0) is 72.6 Å². The zero-order valence-electron chi connectivity index (χ0n) is 30.8. The molecule has 8 aromatic carbocycles. The third-order valence-electron chi connectivity index (χ3n) is 11.0. The van der Waals surface area contributed by atoms with E-state index in [4.69, 9.17) is 4.99 Å². The number of amidine groups is 1. The van der Waals surface area contributed by atoms with Gasteiger partial charge in [-0.15, -0.1) is 0 Å². The first kappa shape index (κ1) is 33.8. The van der Waals surface area contributed by atoms with Crippen molar-refractivity contribution in [2.45, 2.75) is 24.5 Å². The van der Waals surface area contributed by atoms with Gasteiger partial charge in [0.25, 0.3) is 0 Å². The number of fused-ring (bicyclic) bond motifs is 3. The average Bonchev–Trinajstić information content (AvgIpc) is 3.29. The van der Waals surface area contributed by atoms with Gasteiger partial charge < -0.3 is 10.6 Å². The molecular formula is C51H41N5. The van der Waals surface area contributed by atoms with Crippen molar-refractivity contribution in [1.82, 2.24) is 21.3 Å². The molecule has 0 fully saturated rings. The van der Waals surface area contributed by atoms with Gasteiger partial charge in [-0.3, -0.25) is 10.6 Å². The van der Waals surface area contributed by atoms with Gasteiger partial charge in [0, 0.05) is 11.3 Å². The molecule has 4 atom stereocenters. The summed E-state index contributed by atoms with van der Waals surface area (Å²) < 4.78 is 0. The summed E-state index contributed by atoms with van der Waals surface area (Å²) in [5.41, 5.74) is 10.3. The molecule has 8 aromatic rings. The van der Waals surface area contributed by atoms with Crippen LogP contribution >= 0.6 is 0 Å². The normalized spacial score (nSPS) is 19.4. The van der Waals surface area contributed by atoms with Crippen LogP contribution in [0.3, 0.4) is 0 Å². The van der Waals surface area contributed by atoms with Gasteiger partial charge in [0.15, 0.2) is 0 Å². The molecule has 2 aliphatic heterocycles. The van der Waals surface area contributed by atoms with Crippen LogP contribution in [0.4, 0.5) is 0 Å². The molecule has 10 rings (SSSR count). The van der Waals surface area contributed by atoms with Gasteiger partial charge in [0.05, 0.1) is 6.04 Å². The molecular weight excluding hydrogens is 683 g/mol. The van der Waals surface area contributed by atoms with E-state index >= 15 is 0 Å². The highest BCUT2D eigenvalue weighted by Gasteiger charge is 2.28. The summed E-state index contributed by atoms with van der Waals surface area (Å²) in [4.78, 5) is 5.25. The van der Waals surface area contributed by atoms with Crippen LogP contribution in [0, 0.1) is 0 Å². The van der Waals surface area contributed by atoms with Gasteiger partial charge in [0.2, 0.25) is 0 Å². The Kier molecular flexibility index (Phi) is 8.92. The third-order valence-corrected chi connectivity index (χ3v) is 11.0. The minimum atomic E-state index is -0.256. The summed E-state index contributed by atoms with van der Waals surface area (Å²) in [7, 11) is 0. The lowest BCUT2D eigenvalue weighted by molar-refractivity contribution is 0.409. The Morgan fingerprint density at radius 3 is 1.82 bits per heavy atom. The zero-order chi connectivity index (χ0) is 37.3. The highest BCUT2D eigenvalue weighted by atomic mass is 15.3. The van der Waals surface area contributed by atoms with Crippen LogP contribution in [-0.4, -0.2) is 5.84 Å². The molecule has 4 N–H and O–H groups in total. The molecule has 0 saturated carbocycles. The Morgan fingerprint density at radius 2 is 1.02 bits per heavy atom. The van der Waals surface area contributed by atoms with Crippen LogP contribution in [-0.2, 0) is 0 Å². The number of hydrogen-bond acceptors (Lipinski definition) is 5. The molecule has 0 aliphatic carbocycles. The van der Waals surface area contributed by atoms with Crippen LogP contribution in [0.25, 0.3) is 38.4 Å². The van der Waals surface area contributed by atoms with E-state index in [1.54, 1.807) is 0 Å². The van der Waals surface area contributed by atoms with Crippen LogP contribution in [0.1, 0.15) is 57.9 Å². The first-order chi connectivity index (χ1) is 27.7. The highest BCUT2D eigenvalue weighted by Crippen LogP contribution is 2.36. The van der Waals surface area contributed by atoms with Gasteiger partial charge in [-0.1, -0.05) is 188 Å². The number of aliphatic imine (C=N–C) groups is 1. The number of hydrogen-bond donors (Lipinski definition) is 4. The van der Waals surface area contributed by atoms with Crippen molar-refractivity contribution in [1.29, 1.82) is 0 Å². The van der Waals surface area contributed by atoms with Crippen molar-refractivity contribution < 1.29 is 0 Å². The average molecular weight is 724 g/mol. The molecule has 0 saturated heterocycles. The van der Waals surface area contributed by atoms with E-state index < -0.39 is 0 Å². The lowest BCUT2D eigenvalue weighted by Gasteiger charge is -2.33. The molecule has 0 aromatic heterocycles. The van der Waals surface area contributed by atoms with Crippen molar-refractivity contribution in [2.24, 2.45) is 4.99 Å². The number of nitrogens with one attached hydrogen (secondary N) is 4. The van der Waals surface area contributed by atoms with Crippen molar-refractivity contribution in [2.75, 3.05) is 0 Å². The first-order valence-corrected chi connectivity index (χ1v) is 19.3. The lowest BCUT2D eigenvalue weighted by atomic mass is 9.94. The second-order valence-electron chi connectivity index (χ2n) is 14.5. The minimum absolute atomic E-state index is 0.00736. The van der Waals surface area contributed by atoms with E-state index in [1.165, 1.54) is 32.7 Å². The largest absolute Gasteiger partial charge is 0.366 e. The summed E-state index contributed by atoms with van der Waals surface area (Å²) >= 11 is 0. The predicted molar refractivity (Wildman–Crippen MR) is 231 cm³/mol. The van der Waals surface area contributed by atoms with E-state index in [1.807, 2.05) is 6.07 Å². The zero-order valence-corrected chi connectivity index (χ0v) is 30.8. The first-order valence-electron chi connectivity index (χ1n) is 19.3. The molecule has 4 unspecified atom stereocenters. The Bertz CT molecular complexity index is 2710. The highest BCUT2D eigenvalue weighted by molar-refractivity contribution is 6.07. The maximum atomic E-state index is 5.25. The molecule has 2 aliphatic rings. The van der Waals surface area contributed by atoms with Gasteiger partial charge in [-0.25, -0.2) is 4.99 Å². The molecule has 0 spiro atoms. The molecule has 0 amide bonds. The molecule has 2 heterocycles. The standard InChI is InChI=1S/C51H41N5/c1-4-15-36(16-5-1)46-33-47(41-30-31-44-40(32-41)29-26-34-14-10-11-21-42(34)44)53-48(52-46)39-27-24-35(25-28-39)43-22-12-13-23-45(43)51-55-49(37-17-6-2-7-18-37)54-50(56-51)38-19-8-3-9-20-38/h1-33,47-49,51-53,55H,(H,54,56). The van der Waals surface area contributed by atoms with Crippen molar-refractivity contribution >= 4 is 33.1 Å². The quantitative estimate of drug-likeness (QED) is 0.124. The van der Waals surface area contributed by atoms with E-state index in [-0.39, 0.29) is 24.5 Å². The topological polar surface area (TPSA) is 60.5 Å². The second-order valence-corrected chi connectivity index (χ2v) is 14.5. The SMILES string of the molecule is C1=C(c2ccccc2)NC(c2ccc(-c3ccccc3C3N=C(c4ccccc4)NC(c4ccccc4)N3)cc2)NC1c1ccc2c(ccc3ccccc32)c1. The van der Waals surface area contributed by atoms with Crippen LogP contribution in [0.5, 0.6) is 0 Å². The molecule has 5 heteroatoms. The second kappa shape index (κ2) is 14.8. The van der Waals surface area contributed by atoms with Gasteiger partial charge in [-0.2, -0.15) is 0 Å². The lowest BCUT2D eigenvalue weighted by Crippen LogP contribution is -2.45. The molecule has 0 bridgehead atoms. The molecule has 270 valence electrons. The maximum absolute atomic E-state index is 5.25. The fourth-order valence-corrected chi connectivity index (χ4v) is 8.17. The number of benzene rings is 8. The van der Waals surface area contributed by atoms with E-state index in [0.29, 0.717) is 0 Å². The van der Waals surface area contributed by atoms with E-state index in [2.05, 4.69) is 215 Å². The van der Waals surface area contributed by atoms with Crippen LogP contribution in [0.15, 0.2) is 205 Å². The summed E-state index contributed by atoms with van der Waals surface area (Å²) in [6.45, 7) is 0. The van der Waals surface area contributed by atoms with Crippen LogP contribution < -0.4 is 21.3 Å². The maximum Gasteiger partial charge on any atom is 0.131 e. The summed E-state index contributed by atoms with van der Waals surface area (Å²) in [5, 5.41) is 20.3. The summed E-state index contributed by atoms with van der Waals surface area (Å²) in [6, 6.07) is 69.1. The predicted octanol–water partition coefficient (Wildman–Crippen LogP) is 11.0. The Morgan fingerprint density at radius 1 is 0.411 bits per heavy atom. The minimum Gasteiger partial charge on any atom is -0.366 e. The molecule has 5 nitrogen and oxygen atoms in total. The van der Waals surface area contributed by atoms with Crippen molar-refractivity contribution in [3.8, 4) is 11.1 Å². The van der Waals surface area contributed by atoms with E-state index in [0.717, 1.165) is 44.9 Å². The van der Waals surface area contributed by atoms with Crippen molar-refractivity contribution in [3.05, 3.63) is 234 Å². The molecule has 56 heavy (non-hydrogen) atoms. The summed E-state index contributed by atoms with van der Waals surface area (Å²) in [5.74, 6) is 0.874. The van der Waals surface area contributed by atoms with Gasteiger partial charge in [0.1, 0.15) is 24.3 Å². The Balaban J connectivity index is 0.974.